The van der Waals surface area contributed by atoms with Gasteiger partial charge in [0.1, 0.15) is 0 Å². The van der Waals surface area contributed by atoms with Crippen LogP contribution in [0.3, 0.4) is 0 Å². The van der Waals surface area contributed by atoms with Crippen LogP contribution in [0.15, 0.2) is 4.99 Å². The third kappa shape index (κ3) is 4.97. The molecule has 0 unspecified atom stereocenters. The fourth-order valence-corrected chi connectivity index (χ4v) is 1.95. The standard InChI is InChI=1S/C14H29N3/c1-5-7-9-17(10-8-6-2)13-15-11-14(3,4)12-16-13/h5-12H2,1-4H3,(H,15,16). The van der Waals surface area contributed by atoms with Crippen LogP contribution in [0, 0.1) is 5.41 Å². The van der Waals surface area contributed by atoms with Crippen molar-refractivity contribution in [2.24, 2.45) is 10.4 Å². The molecule has 0 aromatic heterocycles. The molecule has 3 nitrogen and oxygen atoms in total. The first-order valence-corrected chi connectivity index (χ1v) is 7.12. The second kappa shape index (κ2) is 6.87. The smallest absolute Gasteiger partial charge is 0.193 e. The molecule has 0 spiro atoms. The summed E-state index contributed by atoms with van der Waals surface area (Å²) in [5.41, 5.74) is 0.310. The minimum Gasteiger partial charge on any atom is -0.356 e. The summed E-state index contributed by atoms with van der Waals surface area (Å²) < 4.78 is 0. The Morgan fingerprint density at radius 3 is 2.18 bits per heavy atom. The van der Waals surface area contributed by atoms with E-state index in [0.717, 1.165) is 32.1 Å². The highest BCUT2D eigenvalue weighted by Gasteiger charge is 2.24. The number of nitrogens with one attached hydrogen (secondary N) is 1. The highest BCUT2D eigenvalue weighted by atomic mass is 15.3. The molecule has 0 saturated carbocycles. The van der Waals surface area contributed by atoms with Crippen molar-refractivity contribution >= 4 is 5.96 Å². The van der Waals surface area contributed by atoms with E-state index in [0.29, 0.717) is 5.41 Å². The van der Waals surface area contributed by atoms with Gasteiger partial charge in [-0.05, 0) is 12.8 Å². The average Bonchev–Trinajstić information content (AvgIpc) is 2.30. The van der Waals surface area contributed by atoms with Gasteiger partial charge >= 0.3 is 0 Å². The lowest BCUT2D eigenvalue weighted by atomic mass is 9.93. The molecule has 0 bridgehead atoms. The van der Waals surface area contributed by atoms with Crippen LogP contribution >= 0.6 is 0 Å². The van der Waals surface area contributed by atoms with E-state index in [1.165, 1.54) is 25.7 Å². The molecule has 1 heterocycles. The summed E-state index contributed by atoms with van der Waals surface area (Å²) in [7, 11) is 0. The van der Waals surface area contributed by atoms with Crippen molar-refractivity contribution in [1.29, 1.82) is 0 Å². The van der Waals surface area contributed by atoms with E-state index in [1.807, 2.05) is 0 Å². The van der Waals surface area contributed by atoms with Crippen molar-refractivity contribution in [3.8, 4) is 0 Å². The summed E-state index contributed by atoms with van der Waals surface area (Å²) in [5, 5.41) is 3.50. The number of unbranched alkanes of at least 4 members (excludes halogenated alkanes) is 2. The van der Waals surface area contributed by atoms with Gasteiger partial charge in [0, 0.05) is 31.6 Å². The van der Waals surface area contributed by atoms with Crippen molar-refractivity contribution in [2.45, 2.75) is 53.4 Å². The molecule has 0 aliphatic carbocycles. The van der Waals surface area contributed by atoms with Crippen LogP contribution in [0.2, 0.25) is 0 Å². The number of rotatable bonds is 6. The van der Waals surface area contributed by atoms with E-state index in [1.54, 1.807) is 0 Å². The van der Waals surface area contributed by atoms with Gasteiger partial charge in [0.05, 0.1) is 0 Å². The molecule has 0 aromatic rings. The predicted molar refractivity (Wildman–Crippen MR) is 75.5 cm³/mol. The minimum atomic E-state index is 0.310. The summed E-state index contributed by atoms with van der Waals surface area (Å²) in [4.78, 5) is 7.15. The van der Waals surface area contributed by atoms with Crippen LogP contribution < -0.4 is 5.32 Å². The number of nitrogens with zero attached hydrogens (tertiary/aromatic N) is 2. The van der Waals surface area contributed by atoms with Crippen LogP contribution in [-0.2, 0) is 0 Å². The molecule has 1 aliphatic heterocycles. The van der Waals surface area contributed by atoms with Gasteiger partial charge in [-0.1, -0.05) is 40.5 Å². The topological polar surface area (TPSA) is 27.6 Å². The molecule has 1 N–H and O–H groups in total. The van der Waals surface area contributed by atoms with Crippen LogP contribution in [0.4, 0.5) is 0 Å². The summed E-state index contributed by atoms with van der Waals surface area (Å²) in [5.74, 6) is 1.13. The van der Waals surface area contributed by atoms with Crippen molar-refractivity contribution in [2.75, 3.05) is 26.2 Å². The van der Waals surface area contributed by atoms with Crippen molar-refractivity contribution < 1.29 is 0 Å². The number of guanidine groups is 1. The summed E-state index contributed by atoms with van der Waals surface area (Å²) in [6.45, 7) is 13.3. The van der Waals surface area contributed by atoms with Gasteiger partial charge in [-0.25, -0.2) is 0 Å². The van der Waals surface area contributed by atoms with E-state index in [9.17, 15) is 0 Å². The van der Waals surface area contributed by atoms with Crippen molar-refractivity contribution in [3.05, 3.63) is 0 Å². The zero-order valence-electron chi connectivity index (χ0n) is 12.1. The van der Waals surface area contributed by atoms with Gasteiger partial charge < -0.3 is 10.2 Å². The Hall–Kier alpha value is -0.730. The molecule has 3 heteroatoms. The van der Waals surface area contributed by atoms with Crippen molar-refractivity contribution in [3.63, 3.8) is 0 Å². The monoisotopic (exact) mass is 239 g/mol. The first-order chi connectivity index (χ1) is 8.09. The molecule has 100 valence electrons. The van der Waals surface area contributed by atoms with E-state index in [4.69, 9.17) is 4.99 Å². The normalized spacial score (nSPS) is 18.5. The van der Waals surface area contributed by atoms with Gasteiger partial charge in [-0.2, -0.15) is 0 Å². The Kier molecular flexibility index (Phi) is 5.79. The second-order valence-corrected chi connectivity index (χ2v) is 5.85. The molecule has 0 atom stereocenters. The fraction of sp³-hybridized carbons (Fsp3) is 0.929. The summed E-state index contributed by atoms with van der Waals surface area (Å²) in [6, 6.07) is 0. The number of hydrogen-bond acceptors (Lipinski definition) is 3. The molecule has 0 radical (unpaired) electrons. The lowest BCUT2D eigenvalue weighted by Gasteiger charge is -2.34. The molecule has 1 aliphatic rings. The fourth-order valence-electron chi connectivity index (χ4n) is 1.95. The lowest BCUT2D eigenvalue weighted by molar-refractivity contribution is 0.320. The average molecular weight is 239 g/mol. The molecule has 0 fully saturated rings. The van der Waals surface area contributed by atoms with E-state index in [2.05, 4.69) is 37.9 Å². The second-order valence-electron chi connectivity index (χ2n) is 5.85. The Morgan fingerprint density at radius 2 is 1.76 bits per heavy atom. The van der Waals surface area contributed by atoms with Gasteiger partial charge in [0.15, 0.2) is 5.96 Å². The highest BCUT2D eigenvalue weighted by Crippen LogP contribution is 2.17. The third-order valence-electron chi connectivity index (χ3n) is 3.24. The Labute approximate surface area is 107 Å². The highest BCUT2D eigenvalue weighted by molar-refractivity contribution is 5.80. The molecule has 0 amide bonds. The minimum absolute atomic E-state index is 0.310. The predicted octanol–water partition coefficient (Wildman–Crippen LogP) is 2.87. The van der Waals surface area contributed by atoms with Crippen molar-refractivity contribution in [1.82, 2.24) is 10.2 Å². The number of aliphatic imine (C=N–C) groups is 1. The Balaban J connectivity index is 2.53. The maximum Gasteiger partial charge on any atom is 0.193 e. The van der Waals surface area contributed by atoms with E-state index in [-0.39, 0.29) is 0 Å². The zero-order chi connectivity index (χ0) is 12.7. The third-order valence-corrected chi connectivity index (χ3v) is 3.24. The molecule has 0 saturated heterocycles. The largest absolute Gasteiger partial charge is 0.356 e. The first-order valence-electron chi connectivity index (χ1n) is 7.12. The van der Waals surface area contributed by atoms with E-state index >= 15 is 0 Å². The number of hydrogen-bond donors (Lipinski definition) is 1. The zero-order valence-corrected chi connectivity index (χ0v) is 12.1. The molecule has 1 rings (SSSR count). The van der Waals surface area contributed by atoms with Crippen LogP contribution in [-0.4, -0.2) is 37.0 Å². The first kappa shape index (κ1) is 14.3. The van der Waals surface area contributed by atoms with Gasteiger partial charge in [0.25, 0.3) is 0 Å². The Morgan fingerprint density at radius 1 is 1.18 bits per heavy atom. The molecule has 0 aromatic carbocycles. The SMILES string of the molecule is CCCCN(CCCC)C1=NCC(C)(C)CN1. The van der Waals surface area contributed by atoms with Gasteiger partial charge in [-0.3, -0.25) is 4.99 Å². The van der Waals surface area contributed by atoms with E-state index < -0.39 is 0 Å². The Bertz CT molecular complexity index is 238. The molecular weight excluding hydrogens is 210 g/mol. The van der Waals surface area contributed by atoms with Gasteiger partial charge in [0.2, 0.25) is 0 Å². The maximum atomic E-state index is 4.72. The summed E-state index contributed by atoms with van der Waals surface area (Å²) >= 11 is 0. The lowest BCUT2D eigenvalue weighted by Crippen LogP contribution is -2.49. The summed E-state index contributed by atoms with van der Waals surface area (Å²) in [6.07, 6.45) is 5.02. The molecule has 17 heavy (non-hydrogen) atoms. The maximum absolute atomic E-state index is 4.72. The van der Waals surface area contributed by atoms with Crippen LogP contribution in [0.1, 0.15) is 53.4 Å². The molecular formula is C14H29N3. The van der Waals surface area contributed by atoms with Crippen LogP contribution in [0.5, 0.6) is 0 Å². The van der Waals surface area contributed by atoms with Gasteiger partial charge in [-0.15, -0.1) is 0 Å². The quantitative estimate of drug-likeness (QED) is 0.772. The van der Waals surface area contributed by atoms with Crippen LogP contribution in [0.25, 0.3) is 0 Å².